The smallest absolute Gasteiger partial charge is 0.407 e. The van der Waals surface area contributed by atoms with Crippen molar-refractivity contribution in [1.82, 2.24) is 19.9 Å². The van der Waals surface area contributed by atoms with E-state index in [9.17, 15) is 18.0 Å². The summed E-state index contributed by atoms with van der Waals surface area (Å²) in [5, 5.41) is 9.21. The molecule has 1 aliphatic rings. The van der Waals surface area contributed by atoms with Crippen molar-refractivity contribution in [2.75, 3.05) is 25.5 Å². The third-order valence-corrected chi connectivity index (χ3v) is 10.3. The van der Waals surface area contributed by atoms with E-state index >= 15 is 4.39 Å². The summed E-state index contributed by atoms with van der Waals surface area (Å²) in [6.45, 7) is 6.53. The number of benzene rings is 2. The number of aromatic nitrogens is 1. The van der Waals surface area contributed by atoms with E-state index in [0.717, 1.165) is 11.8 Å². The van der Waals surface area contributed by atoms with Crippen LogP contribution >= 0.6 is 11.6 Å². The summed E-state index contributed by atoms with van der Waals surface area (Å²) >= 11 is 6.09. The minimum atomic E-state index is -3.82. The molecule has 4 atom stereocenters. The van der Waals surface area contributed by atoms with Crippen LogP contribution in [0.25, 0.3) is 0 Å². The highest BCUT2D eigenvalue weighted by molar-refractivity contribution is 7.89. The highest BCUT2D eigenvalue weighted by Gasteiger charge is 2.38. The fourth-order valence-corrected chi connectivity index (χ4v) is 7.86. The number of alkyl carbamates (subject to hydrolysis) is 1. The number of piperazine rings is 1. The molecule has 10 nitrogen and oxygen atoms in total. The number of anilines is 1. The lowest BCUT2D eigenvalue weighted by Crippen LogP contribution is -2.58. The minimum Gasteiger partial charge on any atom is -0.453 e. The highest BCUT2D eigenvalue weighted by Crippen LogP contribution is 2.31. The monoisotopic (exact) mass is 659 g/mol. The Balaban J connectivity index is 1.60. The van der Waals surface area contributed by atoms with Gasteiger partial charge in [-0.05, 0) is 55.5 Å². The molecule has 45 heavy (non-hydrogen) atoms. The molecule has 0 spiro atoms. The molecule has 0 saturated carbocycles. The number of carbonyl (C=O) groups is 2. The molecule has 1 unspecified atom stereocenters. The van der Waals surface area contributed by atoms with Crippen molar-refractivity contribution in [2.24, 2.45) is 5.92 Å². The second-order valence-electron chi connectivity index (χ2n) is 11.4. The molecule has 1 fully saturated rings. The average Bonchev–Trinajstić information content (AvgIpc) is 3.01. The van der Waals surface area contributed by atoms with Crippen LogP contribution in [0.1, 0.15) is 44.2 Å². The third kappa shape index (κ3) is 8.18. The van der Waals surface area contributed by atoms with Gasteiger partial charge in [-0.2, -0.15) is 4.31 Å². The number of ether oxygens (including phenoxy) is 1. The Kier molecular flexibility index (Phi) is 11.5. The van der Waals surface area contributed by atoms with Crippen LogP contribution in [-0.2, 0) is 26.0 Å². The van der Waals surface area contributed by atoms with Crippen LogP contribution in [0.5, 0.6) is 0 Å². The van der Waals surface area contributed by atoms with Crippen molar-refractivity contribution in [1.29, 1.82) is 0 Å². The van der Waals surface area contributed by atoms with Crippen molar-refractivity contribution in [3.8, 4) is 0 Å². The van der Waals surface area contributed by atoms with Crippen LogP contribution in [0, 0.1) is 11.7 Å². The lowest BCUT2D eigenvalue weighted by molar-refractivity contribution is -0.118. The van der Waals surface area contributed by atoms with E-state index in [1.165, 1.54) is 17.6 Å². The first kappa shape index (κ1) is 34.3. The fraction of sp³-hybridized carbons (Fsp3) is 0.406. The maximum Gasteiger partial charge on any atom is 0.407 e. The molecule has 1 aromatic heterocycles. The van der Waals surface area contributed by atoms with Crippen molar-refractivity contribution in [3.63, 3.8) is 0 Å². The Morgan fingerprint density at radius 2 is 1.80 bits per heavy atom. The van der Waals surface area contributed by atoms with Crippen molar-refractivity contribution >= 4 is 39.3 Å². The summed E-state index contributed by atoms with van der Waals surface area (Å²) in [6, 6.07) is 13.3. The van der Waals surface area contributed by atoms with Gasteiger partial charge in [0, 0.05) is 41.7 Å². The zero-order valence-corrected chi connectivity index (χ0v) is 27.2. The first-order valence-electron chi connectivity index (χ1n) is 14.8. The predicted octanol–water partition coefficient (Wildman–Crippen LogP) is 4.96. The van der Waals surface area contributed by atoms with Crippen LogP contribution in [0.2, 0.25) is 5.02 Å². The Labute approximate surface area is 268 Å². The van der Waals surface area contributed by atoms with Crippen molar-refractivity contribution in [2.45, 2.75) is 62.6 Å². The van der Waals surface area contributed by atoms with Crippen LogP contribution in [-0.4, -0.2) is 68.0 Å². The maximum absolute atomic E-state index is 15.3. The molecule has 0 radical (unpaired) electrons. The van der Waals surface area contributed by atoms with E-state index in [1.54, 1.807) is 54.6 Å². The Morgan fingerprint density at radius 1 is 1.11 bits per heavy atom. The lowest BCUT2D eigenvalue weighted by atomic mass is 9.82. The summed E-state index contributed by atoms with van der Waals surface area (Å²) in [4.78, 5) is 30.4. The van der Waals surface area contributed by atoms with Crippen LogP contribution in [0.15, 0.2) is 71.9 Å². The highest BCUT2D eigenvalue weighted by atomic mass is 35.5. The molecule has 2 amide bonds. The standard InChI is InChI=1S/C32H39ClFN5O5S/c1-20(2)29(22-10-12-23(33)13-11-22)30(38-32(41)44-4)31(40)37-28-19-36-18-27(34)26(28)15-14-24-17-35-16-21(3)39(24)45(42,43)25-8-6-5-7-9-25/h5-13,18-21,24,29-30,35H,14-17H2,1-4H3,(H,37,40)(H,38,41)/t21-,24-,29?,30-/m0/s1. The van der Waals surface area contributed by atoms with Crippen molar-refractivity contribution < 1.29 is 27.1 Å². The maximum atomic E-state index is 15.3. The van der Waals surface area contributed by atoms with Crippen LogP contribution < -0.4 is 16.0 Å². The zero-order chi connectivity index (χ0) is 32.7. The van der Waals surface area contributed by atoms with Crippen LogP contribution in [0.3, 0.4) is 0 Å². The number of hydrogen-bond acceptors (Lipinski definition) is 7. The molecule has 1 saturated heterocycles. The summed E-state index contributed by atoms with van der Waals surface area (Å²) in [5.41, 5.74) is 1.07. The number of nitrogens with one attached hydrogen (secondary N) is 3. The number of methoxy groups -OCH3 is 1. The molecule has 1 aliphatic heterocycles. The van der Waals surface area contributed by atoms with Gasteiger partial charge in [-0.3, -0.25) is 9.78 Å². The zero-order valence-electron chi connectivity index (χ0n) is 25.7. The fourth-order valence-electron chi connectivity index (χ4n) is 5.87. The number of halogens is 2. The van der Waals surface area contributed by atoms with Gasteiger partial charge in [0.05, 0.1) is 30.1 Å². The third-order valence-electron chi connectivity index (χ3n) is 8.00. The summed E-state index contributed by atoms with van der Waals surface area (Å²) in [6.07, 6.45) is 1.99. The van der Waals surface area contributed by atoms with Gasteiger partial charge < -0.3 is 20.7 Å². The lowest BCUT2D eigenvalue weighted by Gasteiger charge is -2.40. The molecule has 0 aliphatic carbocycles. The number of nitrogens with zero attached hydrogens (tertiary/aromatic N) is 2. The van der Waals surface area contributed by atoms with Gasteiger partial charge in [-0.15, -0.1) is 0 Å². The Hall–Kier alpha value is -3.58. The first-order valence-corrected chi connectivity index (χ1v) is 16.6. The Morgan fingerprint density at radius 3 is 2.44 bits per heavy atom. The molecule has 2 heterocycles. The number of rotatable bonds is 11. The second-order valence-corrected chi connectivity index (χ2v) is 13.7. The molecule has 13 heteroatoms. The molecular weight excluding hydrogens is 621 g/mol. The topological polar surface area (TPSA) is 130 Å². The van der Waals surface area contributed by atoms with Gasteiger partial charge in [0.2, 0.25) is 15.9 Å². The molecule has 242 valence electrons. The average molecular weight is 660 g/mol. The van der Waals surface area contributed by atoms with E-state index in [1.807, 2.05) is 20.8 Å². The molecule has 4 rings (SSSR count). The second kappa shape index (κ2) is 15.1. The summed E-state index contributed by atoms with van der Waals surface area (Å²) in [5.74, 6) is -1.83. The molecule has 3 N–H and O–H groups in total. The van der Waals surface area contributed by atoms with Gasteiger partial charge in [0.25, 0.3) is 0 Å². The summed E-state index contributed by atoms with van der Waals surface area (Å²) in [7, 11) is -2.62. The summed E-state index contributed by atoms with van der Waals surface area (Å²) < 4.78 is 48.9. The van der Waals surface area contributed by atoms with E-state index in [2.05, 4.69) is 20.9 Å². The van der Waals surface area contributed by atoms with Crippen LogP contribution in [0.4, 0.5) is 14.9 Å². The number of carbonyl (C=O) groups excluding carboxylic acids is 2. The quantitative estimate of drug-likeness (QED) is 0.265. The molecular formula is C32H39ClFN5O5S. The van der Waals surface area contributed by atoms with Crippen molar-refractivity contribution in [3.05, 3.63) is 89.0 Å². The van der Waals surface area contributed by atoms with Gasteiger partial charge >= 0.3 is 6.09 Å². The number of sulfonamides is 1. The largest absolute Gasteiger partial charge is 0.453 e. The first-order chi connectivity index (χ1) is 21.4. The number of amides is 2. The Bertz CT molecular complexity index is 1580. The van der Waals surface area contributed by atoms with E-state index in [0.29, 0.717) is 18.1 Å². The molecule has 2 aromatic carbocycles. The van der Waals surface area contributed by atoms with E-state index in [4.69, 9.17) is 16.3 Å². The van der Waals surface area contributed by atoms with Gasteiger partial charge in [-0.25, -0.2) is 17.6 Å². The molecule has 0 bridgehead atoms. The van der Waals surface area contributed by atoms with Gasteiger partial charge in [0.15, 0.2) is 0 Å². The van der Waals surface area contributed by atoms with E-state index < -0.39 is 45.8 Å². The number of pyridine rings is 1. The minimum absolute atomic E-state index is 0.109. The van der Waals surface area contributed by atoms with Gasteiger partial charge in [0.1, 0.15) is 11.9 Å². The van der Waals surface area contributed by atoms with E-state index in [-0.39, 0.29) is 40.9 Å². The SMILES string of the molecule is COC(=O)N[C@H](C(=O)Nc1cncc(F)c1CC[C@H]1CNC[C@H](C)N1S(=O)(=O)c1ccccc1)C(c1ccc(Cl)cc1)C(C)C. The predicted molar refractivity (Wildman–Crippen MR) is 171 cm³/mol. The molecule has 3 aromatic rings. The van der Waals surface area contributed by atoms with Gasteiger partial charge in [-0.1, -0.05) is 55.8 Å². The number of hydrogen-bond donors (Lipinski definition) is 3. The normalized spacial score (nSPS) is 18.6.